The van der Waals surface area contributed by atoms with Crippen molar-refractivity contribution in [3.63, 3.8) is 0 Å². The zero-order chi connectivity index (χ0) is 45.5. The Morgan fingerprint density at radius 3 is 2.60 bits per heavy atom. The van der Waals surface area contributed by atoms with Crippen molar-refractivity contribution in [3.05, 3.63) is 106 Å². The van der Waals surface area contributed by atoms with E-state index >= 15 is 0 Å². The van der Waals surface area contributed by atoms with Gasteiger partial charge in [-0.1, -0.05) is 24.3 Å². The quantitative estimate of drug-likeness (QED) is 0.0930. The largest absolute Gasteiger partial charge is 0.468 e. The molecule has 5 aromatic rings. The Labute approximate surface area is 389 Å². The standard InChI is InChI=1S/C50H56N8O8S/c59-47(54-67(62,63)37-7-9-40(42(26-37)58(60)61)52-29-32-12-22-64-23-13-32)38-8-6-35(25-41(38)57-43-24-34-11-18-51-46(34)53-48(43)66-45-31-65-30-44(45)57)55-20-16-49(17-21-55)27-36(28-49)56-19-3-14-50(56)15-10-33-4-1-2-5-39(33)50/h1-2,4-9,11,18,24-26,32,36,44-45,52H,3,10,12-17,19-23,27-31H2,(H,51,53)(H,54,59)/t44-,45-,50-/m1/s1. The van der Waals surface area contributed by atoms with Crippen molar-refractivity contribution in [2.24, 2.45) is 11.3 Å². The average Bonchev–Trinajstić information content (AvgIpc) is 4.16. The predicted octanol–water partition coefficient (Wildman–Crippen LogP) is 7.41. The molecular weight excluding hydrogens is 873 g/mol. The zero-order valence-electron chi connectivity index (χ0n) is 37.5. The number of amides is 1. The summed E-state index contributed by atoms with van der Waals surface area (Å²) in [5, 5.41) is 16.3. The van der Waals surface area contributed by atoms with Gasteiger partial charge in [-0.25, -0.2) is 13.1 Å². The molecule has 2 aromatic heterocycles. The molecule has 4 saturated heterocycles. The predicted molar refractivity (Wildman–Crippen MR) is 253 cm³/mol. The van der Waals surface area contributed by atoms with Crippen LogP contribution in [0.4, 0.5) is 28.4 Å². The molecule has 2 aliphatic carbocycles. The number of hydrogen-bond acceptors (Lipinski definition) is 13. The van der Waals surface area contributed by atoms with E-state index in [0.717, 1.165) is 55.9 Å². The number of carbonyl (C=O) groups excluding carboxylic acids is 1. The smallest absolute Gasteiger partial charge is 0.293 e. The maximum Gasteiger partial charge on any atom is 0.293 e. The first-order valence-corrected chi connectivity index (χ1v) is 25.5. The van der Waals surface area contributed by atoms with Gasteiger partial charge in [0.05, 0.1) is 40.3 Å². The van der Waals surface area contributed by atoms with Gasteiger partial charge in [0, 0.05) is 67.8 Å². The van der Waals surface area contributed by atoms with Crippen molar-refractivity contribution in [2.75, 3.05) is 67.7 Å². The van der Waals surface area contributed by atoms with E-state index in [1.165, 1.54) is 62.8 Å². The van der Waals surface area contributed by atoms with Crippen molar-refractivity contribution in [1.82, 2.24) is 19.6 Å². The van der Waals surface area contributed by atoms with Gasteiger partial charge < -0.3 is 34.3 Å². The molecule has 5 fully saturated rings. The number of sulfonamides is 1. The summed E-state index contributed by atoms with van der Waals surface area (Å²) >= 11 is 0. The third-order valence-electron chi connectivity index (χ3n) is 16.3. The average molecular weight is 929 g/mol. The van der Waals surface area contributed by atoms with Crippen LogP contribution in [0.2, 0.25) is 0 Å². The number of carbonyl (C=O) groups is 1. The number of nitrogens with zero attached hydrogens (tertiary/aromatic N) is 5. The topological polar surface area (TPSA) is 184 Å². The number of rotatable bonds is 10. The third-order valence-corrected chi connectivity index (χ3v) is 17.6. The van der Waals surface area contributed by atoms with Crippen LogP contribution in [0, 0.1) is 21.4 Å². The molecule has 12 rings (SSSR count). The molecule has 3 aromatic carbocycles. The molecule has 0 unspecified atom stereocenters. The van der Waals surface area contributed by atoms with Gasteiger partial charge in [-0.15, -0.1) is 0 Å². The molecule has 1 saturated carbocycles. The van der Waals surface area contributed by atoms with Crippen LogP contribution in [0.3, 0.4) is 0 Å². The highest BCUT2D eigenvalue weighted by Gasteiger charge is 2.55. The lowest BCUT2D eigenvalue weighted by molar-refractivity contribution is -0.384. The number of nitro groups is 1. The van der Waals surface area contributed by atoms with Crippen LogP contribution in [-0.2, 0) is 31.5 Å². The summed E-state index contributed by atoms with van der Waals surface area (Å²) in [4.78, 5) is 41.1. The second-order valence-electron chi connectivity index (χ2n) is 19.9. The molecule has 17 heteroatoms. The van der Waals surface area contributed by atoms with Crippen LogP contribution in [0.1, 0.15) is 79.3 Å². The van der Waals surface area contributed by atoms with Gasteiger partial charge in [0.25, 0.3) is 21.6 Å². The molecule has 0 bridgehead atoms. The molecule has 2 spiro atoms. The number of H-pyrrole nitrogens is 1. The Hall–Kier alpha value is -5.75. The number of ether oxygens (including phenoxy) is 3. The van der Waals surface area contributed by atoms with E-state index in [4.69, 9.17) is 19.2 Å². The Morgan fingerprint density at radius 1 is 0.925 bits per heavy atom. The number of benzene rings is 3. The Balaban J connectivity index is 0.826. The summed E-state index contributed by atoms with van der Waals surface area (Å²) in [6.07, 6.45) is 12.5. The van der Waals surface area contributed by atoms with Gasteiger partial charge in [-0.3, -0.25) is 19.8 Å². The Bertz CT molecular complexity index is 2870. The van der Waals surface area contributed by atoms with E-state index in [-0.39, 0.29) is 28.7 Å². The summed E-state index contributed by atoms with van der Waals surface area (Å²) in [7, 11) is -4.58. The van der Waals surface area contributed by atoms with Crippen LogP contribution in [0.15, 0.2) is 83.9 Å². The minimum absolute atomic E-state index is 0.118. The summed E-state index contributed by atoms with van der Waals surface area (Å²) in [6.45, 7) is 5.28. The maximum atomic E-state index is 14.6. The number of nitro benzene ring substituents is 1. The molecule has 7 aliphatic rings. The molecule has 16 nitrogen and oxygen atoms in total. The molecule has 0 radical (unpaired) electrons. The number of aryl methyl sites for hydroxylation is 1. The van der Waals surface area contributed by atoms with Crippen molar-refractivity contribution < 1.29 is 32.3 Å². The number of anilines is 4. The van der Waals surface area contributed by atoms with Crippen molar-refractivity contribution in [1.29, 1.82) is 0 Å². The SMILES string of the molecule is O=C(NS(=O)(=O)c1ccc(NCC2CCOCC2)c([N+](=O)[O-])c1)c1ccc(N2CCC3(CC2)CC(N2CCC[C@]24CCc2ccccc24)C3)cc1N1c2cc3cc[nH]c3nc2O[C@@H]2COC[C@H]21. The second kappa shape index (κ2) is 16.5. The van der Waals surface area contributed by atoms with E-state index < -0.39 is 37.5 Å². The minimum Gasteiger partial charge on any atom is -0.468 e. The lowest BCUT2D eigenvalue weighted by atomic mass is 9.59. The van der Waals surface area contributed by atoms with Crippen LogP contribution in [0.25, 0.3) is 11.0 Å². The van der Waals surface area contributed by atoms with Crippen LogP contribution in [-0.4, -0.2) is 105 Å². The fourth-order valence-corrected chi connectivity index (χ4v) is 13.7. The second-order valence-corrected chi connectivity index (χ2v) is 21.6. The van der Waals surface area contributed by atoms with Gasteiger partial charge in [-0.2, -0.15) is 4.98 Å². The van der Waals surface area contributed by atoms with Gasteiger partial charge in [-0.05, 0) is 136 Å². The van der Waals surface area contributed by atoms with E-state index in [0.29, 0.717) is 67.3 Å². The molecule has 67 heavy (non-hydrogen) atoms. The normalized spacial score (nSPS) is 24.9. The third kappa shape index (κ3) is 7.40. The number of nitrogens with one attached hydrogen (secondary N) is 3. The summed E-state index contributed by atoms with van der Waals surface area (Å²) < 4.78 is 48.3. The first-order chi connectivity index (χ1) is 32.6. The van der Waals surface area contributed by atoms with E-state index in [2.05, 4.69) is 49.1 Å². The van der Waals surface area contributed by atoms with Gasteiger partial charge in [0.15, 0.2) is 0 Å². The zero-order valence-corrected chi connectivity index (χ0v) is 38.3. The Kier molecular flexibility index (Phi) is 10.5. The monoisotopic (exact) mass is 928 g/mol. The fraction of sp³-hybridized carbons (Fsp3) is 0.480. The van der Waals surface area contributed by atoms with Crippen molar-refractivity contribution in [2.45, 2.75) is 92.8 Å². The first kappa shape index (κ1) is 42.6. The van der Waals surface area contributed by atoms with Crippen molar-refractivity contribution >= 4 is 55.4 Å². The Morgan fingerprint density at radius 2 is 1.76 bits per heavy atom. The molecule has 3 atom stereocenters. The molecule has 1 amide bonds. The van der Waals surface area contributed by atoms with E-state index in [1.807, 2.05) is 35.4 Å². The molecule has 350 valence electrons. The number of fused-ring (bicyclic) bond motifs is 5. The van der Waals surface area contributed by atoms with Gasteiger partial charge in [0.1, 0.15) is 23.1 Å². The number of likely N-dealkylation sites (tertiary alicyclic amines) is 1. The highest BCUT2D eigenvalue weighted by atomic mass is 32.2. The number of hydrogen-bond donors (Lipinski definition) is 3. The van der Waals surface area contributed by atoms with Crippen molar-refractivity contribution in [3.8, 4) is 5.88 Å². The molecule has 7 heterocycles. The van der Waals surface area contributed by atoms with Crippen LogP contribution < -0.4 is 24.6 Å². The van der Waals surface area contributed by atoms with Crippen LogP contribution in [0.5, 0.6) is 5.88 Å². The molecular formula is C50H56N8O8S. The number of pyridine rings is 1. The number of aromatic amines is 1. The molecule has 3 N–H and O–H groups in total. The maximum absolute atomic E-state index is 14.6. The lowest BCUT2D eigenvalue weighted by Crippen LogP contribution is -2.58. The highest BCUT2D eigenvalue weighted by Crippen LogP contribution is 2.58. The lowest BCUT2D eigenvalue weighted by Gasteiger charge is -2.57. The van der Waals surface area contributed by atoms with E-state index in [1.54, 1.807) is 11.6 Å². The highest BCUT2D eigenvalue weighted by molar-refractivity contribution is 7.90. The van der Waals surface area contributed by atoms with Gasteiger partial charge >= 0.3 is 0 Å². The summed E-state index contributed by atoms with van der Waals surface area (Å²) in [5.41, 5.74) is 6.23. The van der Waals surface area contributed by atoms with Gasteiger partial charge in [0.2, 0.25) is 5.88 Å². The van der Waals surface area contributed by atoms with E-state index in [9.17, 15) is 23.3 Å². The van der Waals surface area contributed by atoms with Crippen LogP contribution >= 0.6 is 0 Å². The summed E-state index contributed by atoms with van der Waals surface area (Å²) in [5.74, 6) is -0.214. The molecule has 5 aliphatic heterocycles. The number of piperidine rings is 1. The summed E-state index contributed by atoms with van der Waals surface area (Å²) in [6, 6.07) is 22.5. The first-order valence-electron chi connectivity index (χ1n) is 24.0. The minimum atomic E-state index is -4.58. The number of aromatic nitrogens is 2. The fourth-order valence-electron chi connectivity index (χ4n) is 12.7.